The first-order valence-electron chi connectivity index (χ1n) is 8.34. The Morgan fingerprint density at radius 1 is 0.708 bits per heavy atom. The molecule has 0 saturated heterocycles. The molecule has 0 heterocycles. The van der Waals surface area contributed by atoms with E-state index in [-0.39, 0.29) is 6.03 Å². The Morgan fingerprint density at radius 2 is 1.08 bits per heavy atom. The van der Waals surface area contributed by atoms with Crippen LogP contribution in [-0.4, -0.2) is 19.1 Å². The fourth-order valence-electron chi connectivity index (χ4n) is 2.42. The number of hydrogen-bond donors (Lipinski definition) is 4. The molecule has 0 fully saturated rings. The van der Waals surface area contributed by atoms with Gasteiger partial charge in [0.2, 0.25) is 0 Å². The normalized spacial score (nSPS) is 10.3. The highest BCUT2D eigenvalue weighted by molar-refractivity contribution is 5.73. The fraction of sp³-hybridized carbons (Fsp3) is 0.316. The number of anilines is 2. The number of benzene rings is 2. The first-order valence-corrected chi connectivity index (χ1v) is 8.34. The molecular weight excluding hydrogens is 300 g/mol. The zero-order valence-electron chi connectivity index (χ0n) is 13.9. The maximum absolute atomic E-state index is 11.7. The smallest absolute Gasteiger partial charge is 0.314 e. The lowest BCUT2D eigenvalue weighted by molar-refractivity contribution is 0.240. The molecule has 2 rings (SSSR count). The molecule has 0 radical (unpaired) electrons. The molecule has 2 aromatic rings. The summed E-state index contributed by atoms with van der Waals surface area (Å²) in [6, 6.07) is 15.6. The Morgan fingerprint density at radius 3 is 1.46 bits per heavy atom. The second-order valence-corrected chi connectivity index (χ2v) is 5.87. The third kappa shape index (κ3) is 6.60. The quantitative estimate of drug-likeness (QED) is 0.444. The number of nitrogens with one attached hydrogen (secondary N) is 2. The van der Waals surface area contributed by atoms with Crippen LogP contribution in [0.5, 0.6) is 0 Å². The highest BCUT2D eigenvalue weighted by atomic mass is 16.2. The summed E-state index contributed by atoms with van der Waals surface area (Å²) in [4.78, 5) is 11.7. The van der Waals surface area contributed by atoms with E-state index in [9.17, 15) is 4.79 Å². The van der Waals surface area contributed by atoms with E-state index in [2.05, 4.69) is 10.6 Å². The van der Waals surface area contributed by atoms with E-state index in [1.165, 1.54) is 11.1 Å². The van der Waals surface area contributed by atoms with Gasteiger partial charge in [-0.15, -0.1) is 0 Å². The van der Waals surface area contributed by atoms with Crippen LogP contribution in [-0.2, 0) is 12.8 Å². The molecular formula is C19H26N4O. The number of urea groups is 1. The van der Waals surface area contributed by atoms with Crippen LogP contribution in [0.25, 0.3) is 0 Å². The number of rotatable bonds is 8. The van der Waals surface area contributed by atoms with Gasteiger partial charge in [0.25, 0.3) is 0 Å². The van der Waals surface area contributed by atoms with E-state index in [1.807, 2.05) is 48.5 Å². The number of nitrogen functional groups attached to an aromatic ring is 2. The number of carbonyl (C=O) groups is 1. The zero-order chi connectivity index (χ0) is 17.2. The summed E-state index contributed by atoms with van der Waals surface area (Å²) in [6.07, 6.45) is 3.67. The molecule has 24 heavy (non-hydrogen) atoms. The largest absolute Gasteiger partial charge is 0.399 e. The van der Waals surface area contributed by atoms with E-state index < -0.39 is 0 Å². The van der Waals surface area contributed by atoms with Gasteiger partial charge in [0.05, 0.1) is 0 Å². The average molecular weight is 326 g/mol. The molecule has 0 unspecified atom stereocenters. The SMILES string of the molecule is Nc1ccc(CCCNC(=O)NCCCc2ccc(N)cc2)cc1. The summed E-state index contributed by atoms with van der Waals surface area (Å²) in [7, 11) is 0. The van der Waals surface area contributed by atoms with Crippen molar-refractivity contribution < 1.29 is 4.79 Å². The molecule has 0 aromatic heterocycles. The van der Waals surface area contributed by atoms with Crippen molar-refractivity contribution >= 4 is 17.4 Å². The number of nitrogens with two attached hydrogens (primary N) is 2. The first-order chi connectivity index (χ1) is 11.6. The van der Waals surface area contributed by atoms with E-state index in [1.54, 1.807) is 0 Å². The van der Waals surface area contributed by atoms with Crippen LogP contribution in [0.4, 0.5) is 16.2 Å². The Hall–Kier alpha value is -2.69. The van der Waals surface area contributed by atoms with Crippen molar-refractivity contribution in [2.24, 2.45) is 0 Å². The van der Waals surface area contributed by atoms with Gasteiger partial charge in [-0.05, 0) is 61.1 Å². The Labute approximate surface area is 143 Å². The van der Waals surface area contributed by atoms with Crippen LogP contribution in [0.3, 0.4) is 0 Å². The summed E-state index contributed by atoms with van der Waals surface area (Å²) in [6.45, 7) is 1.32. The first kappa shape index (κ1) is 17.7. The average Bonchev–Trinajstić information content (AvgIpc) is 2.59. The van der Waals surface area contributed by atoms with Gasteiger partial charge in [-0.1, -0.05) is 24.3 Å². The van der Waals surface area contributed by atoms with Gasteiger partial charge in [0, 0.05) is 24.5 Å². The van der Waals surface area contributed by atoms with E-state index in [4.69, 9.17) is 11.5 Å². The molecule has 0 spiro atoms. The number of hydrogen-bond acceptors (Lipinski definition) is 3. The summed E-state index contributed by atoms with van der Waals surface area (Å²) < 4.78 is 0. The molecule has 2 amide bonds. The summed E-state index contributed by atoms with van der Waals surface area (Å²) >= 11 is 0. The standard InChI is InChI=1S/C19H26N4O/c20-17-9-5-15(6-10-17)3-1-13-22-19(24)23-14-2-4-16-7-11-18(21)12-8-16/h5-12H,1-4,13-14,20-21H2,(H2,22,23,24). The molecule has 0 aliphatic carbocycles. The van der Waals surface area contributed by atoms with Gasteiger partial charge in [0.1, 0.15) is 0 Å². The topological polar surface area (TPSA) is 93.2 Å². The van der Waals surface area contributed by atoms with E-state index in [0.29, 0.717) is 13.1 Å². The molecule has 0 atom stereocenters. The minimum atomic E-state index is -0.107. The van der Waals surface area contributed by atoms with Crippen molar-refractivity contribution in [2.75, 3.05) is 24.6 Å². The molecule has 0 aliphatic heterocycles. The van der Waals surface area contributed by atoms with Crippen molar-refractivity contribution in [1.29, 1.82) is 0 Å². The predicted molar refractivity (Wildman–Crippen MR) is 99.8 cm³/mol. The maximum atomic E-state index is 11.7. The predicted octanol–water partition coefficient (Wildman–Crippen LogP) is 2.72. The Kier molecular flexibility index (Phi) is 6.95. The van der Waals surface area contributed by atoms with Crippen LogP contribution in [0.2, 0.25) is 0 Å². The van der Waals surface area contributed by atoms with Gasteiger partial charge in [-0.25, -0.2) is 4.79 Å². The third-order valence-corrected chi connectivity index (χ3v) is 3.82. The highest BCUT2D eigenvalue weighted by Gasteiger charge is 2.00. The van der Waals surface area contributed by atoms with Crippen molar-refractivity contribution in [3.8, 4) is 0 Å². The van der Waals surface area contributed by atoms with Crippen molar-refractivity contribution in [3.63, 3.8) is 0 Å². The van der Waals surface area contributed by atoms with Crippen LogP contribution in [0.15, 0.2) is 48.5 Å². The summed E-state index contributed by atoms with van der Waals surface area (Å²) in [5.74, 6) is 0. The lowest BCUT2D eigenvalue weighted by Crippen LogP contribution is -2.36. The number of amides is 2. The minimum Gasteiger partial charge on any atom is -0.399 e. The summed E-state index contributed by atoms with van der Waals surface area (Å²) in [5, 5.41) is 5.76. The molecule has 5 heteroatoms. The third-order valence-electron chi connectivity index (χ3n) is 3.82. The molecule has 0 bridgehead atoms. The van der Waals surface area contributed by atoms with Crippen molar-refractivity contribution in [3.05, 3.63) is 59.7 Å². The van der Waals surface area contributed by atoms with E-state index >= 15 is 0 Å². The molecule has 0 saturated carbocycles. The van der Waals surface area contributed by atoms with Gasteiger partial charge < -0.3 is 22.1 Å². The van der Waals surface area contributed by atoms with E-state index in [0.717, 1.165) is 37.1 Å². The summed E-state index contributed by atoms with van der Waals surface area (Å²) in [5.41, 5.74) is 15.3. The molecule has 6 N–H and O–H groups in total. The minimum absolute atomic E-state index is 0.107. The zero-order valence-corrected chi connectivity index (χ0v) is 13.9. The molecule has 5 nitrogen and oxygen atoms in total. The molecule has 0 aliphatic rings. The van der Waals surface area contributed by atoms with Gasteiger partial charge in [0.15, 0.2) is 0 Å². The monoisotopic (exact) mass is 326 g/mol. The second-order valence-electron chi connectivity index (χ2n) is 5.87. The van der Waals surface area contributed by atoms with Gasteiger partial charge in [-0.2, -0.15) is 0 Å². The fourth-order valence-corrected chi connectivity index (χ4v) is 2.42. The van der Waals surface area contributed by atoms with Crippen LogP contribution in [0.1, 0.15) is 24.0 Å². The maximum Gasteiger partial charge on any atom is 0.314 e. The van der Waals surface area contributed by atoms with Gasteiger partial charge >= 0.3 is 6.03 Å². The number of aryl methyl sites for hydroxylation is 2. The number of carbonyl (C=O) groups excluding carboxylic acids is 1. The second kappa shape index (κ2) is 9.45. The lowest BCUT2D eigenvalue weighted by Gasteiger charge is -2.08. The molecule has 2 aromatic carbocycles. The van der Waals surface area contributed by atoms with Crippen LogP contribution < -0.4 is 22.1 Å². The van der Waals surface area contributed by atoms with Crippen LogP contribution in [0, 0.1) is 0 Å². The molecule has 128 valence electrons. The lowest BCUT2D eigenvalue weighted by atomic mass is 10.1. The van der Waals surface area contributed by atoms with Crippen molar-refractivity contribution in [1.82, 2.24) is 10.6 Å². The van der Waals surface area contributed by atoms with Crippen LogP contribution >= 0.6 is 0 Å². The van der Waals surface area contributed by atoms with Gasteiger partial charge in [-0.3, -0.25) is 0 Å². The Balaban J connectivity index is 1.52. The van der Waals surface area contributed by atoms with Crippen molar-refractivity contribution in [2.45, 2.75) is 25.7 Å². The highest BCUT2D eigenvalue weighted by Crippen LogP contribution is 2.08. The Bertz CT molecular complexity index is 567.